The van der Waals surface area contributed by atoms with E-state index in [1.165, 1.54) is 89.9 Å². The van der Waals surface area contributed by atoms with Gasteiger partial charge in [-0.05, 0) is 30.2 Å². The van der Waals surface area contributed by atoms with Gasteiger partial charge in [-0.25, -0.2) is 0 Å². The maximum atomic E-state index is 12.9. The van der Waals surface area contributed by atoms with Gasteiger partial charge < -0.3 is 14.9 Å². The third-order valence-corrected chi connectivity index (χ3v) is 7.91. The molecule has 0 radical (unpaired) electrons. The minimum atomic E-state index is -0.653. The molecule has 1 aromatic rings. The van der Waals surface area contributed by atoms with Gasteiger partial charge in [-0.2, -0.15) is 0 Å². The number of phenolic OH excluding ortho intramolecular Hbond substituents is 2. The van der Waals surface area contributed by atoms with Crippen molar-refractivity contribution in [3.05, 3.63) is 22.8 Å². The lowest BCUT2D eigenvalue weighted by Crippen LogP contribution is -2.23. The Morgan fingerprint density at radius 1 is 0.718 bits per heavy atom. The smallest absolute Gasteiger partial charge is 0.313 e. The number of carbonyl (C=O) groups is 1. The first kappa shape index (κ1) is 35.3. The Hall–Kier alpha value is -1.71. The highest BCUT2D eigenvalue weighted by Crippen LogP contribution is 2.47. The summed E-state index contributed by atoms with van der Waals surface area (Å²) >= 11 is 0. The topological polar surface area (TPSA) is 66.8 Å². The summed E-state index contributed by atoms with van der Waals surface area (Å²) in [5.41, 5.74) is 1.00. The number of esters is 1. The van der Waals surface area contributed by atoms with Gasteiger partial charge >= 0.3 is 5.97 Å². The fourth-order valence-corrected chi connectivity index (χ4v) is 5.51. The highest BCUT2D eigenvalue weighted by atomic mass is 16.5. The van der Waals surface area contributed by atoms with E-state index in [-0.39, 0.29) is 22.9 Å². The second kappa shape index (κ2) is 17.9. The van der Waals surface area contributed by atoms with Gasteiger partial charge in [0.1, 0.15) is 11.5 Å². The summed E-state index contributed by atoms with van der Waals surface area (Å²) in [5.74, 6) is -0.783. The molecule has 0 saturated carbocycles. The minimum absolute atomic E-state index is 0.0505. The van der Waals surface area contributed by atoms with Gasteiger partial charge in [0.2, 0.25) is 0 Å². The maximum absolute atomic E-state index is 12.9. The van der Waals surface area contributed by atoms with Gasteiger partial charge in [-0.1, -0.05) is 145 Å². The molecule has 0 spiro atoms. The second-order valence-electron chi connectivity index (χ2n) is 13.8. The van der Waals surface area contributed by atoms with Crippen LogP contribution in [0.4, 0.5) is 0 Å². The Morgan fingerprint density at radius 2 is 1.13 bits per heavy atom. The highest BCUT2D eigenvalue weighted by Gasteiger charge is 2.34. The van der Waals surface area contributed by atoms with Gasteiger partial charge in [0, 0.05) is 16.7 Å². The lowest BCUT2D eigenvalue weighted by molar-refractivity contribution is -0.145. The van der Waals surface area contributed by atoms with E-state index in [1.54, 1.807) is 13.0 Å². The highest BCUT2D eigenvalue weighted by molar-refractivity contribution is 5.80. The van der Waals surface area contributed by atoms with Crippen molar-refractivity contribution in [3.63, 3.8) is 0 Å². The first-order valence-electron chi connectivity index (χ1n) is 16.1. The molecule has 0 fully saturated rings. The van der Waals surface area contributed by atoms with Gasteiger partial charge in [-0.3, -0.25) is 4.79 Å². The summed E-state index contributed by atoms with van der Waals surface area (Å²) in [7, 11) is 0. The van der Waals surface area contributed by atoms with E-state index in [2.05, 4.69) is 6.92 Å². The van der Waals surface area contributed by atoms with Crippen molar-refractivity contribution in [1.29, 1.82) is 0 Å². The number of aromatic hydroxyl groups is 2. The summed E-state index contributed by atoms with van der Waals surface area (Å²) in [4.78, 5) is 12.9. The third-order valence-electron chi connectivity index (χ3n) is 7.91. The zero-order chi connectivity index (χ0) is 29.5. The average molecular weight is 547 g/mol. The number of unbranched alkanes of at least 4 members (excludes halogenated alkanes) is 15. The van der Waals surface area contributed by atoms with Crippen LogP contribution in [-0.4, -0.2) is 22.8 Å². The zero-order valence-electron chi connectivity index (χ0n) is 26.9. The molecule has 0 amide bonds. The molecule has 0 bridgehead atoms. The van der Waals surface area contributed by atoms with Crippen LogP contribution in [0.3, 0.4) is 0 Å². The van der Waals surface area contributed by atoms with Crippen LogP contribution in [0.25, 0.3) is 0 Å². The molecule has 1 aromatic carbocycles. The van der Waals surface area contributed by atoms with Crippen LogP contribution in [0.5, 0.6) is 11.5 Å². The van der Waals surface area contributed by atoms with Gasteiger partial charge in [0.05, 0.1) is 12.5 Å². The van der Waals surface area contributed by atoms with Gasteiger partial charge in [0.25, 0.3) is 0 Å². The SMILES string of the molecule is CCCCCCCCCCCCCCCCCCOC(=O)C(C)c1c(O)cc(C(C)(C)C)c(O)c1C(C)(C)C. The third kappa shape index (κ3) is 13.0. The Kier molecular flexibility index (Phi) is 16.2. The van der Waals surface area contributed by atoms with Crippen LogP contribution in [0, 0.1) is 0 Å². The number of phenols is 2. The fourth-order valence-electron chi connectivity index (χ4n) is 5.51. The number of benzene rings is 1. The molecule has 1 atom stereocenters. The van der Waals surface area contributed by atoms with Gasteiger partial charge in [-0.15, -0.1) is 0 Å². The molecule has 39 heavy (non-hydrogen) atoms. The summed E-state index contributed by atoms with van der Waals surface area (Å²) in [6, 6.07) is 1.61. The Morgan fingerprint density at radius 3 is 1.51 bits per heavy atom. The quantitative estimate of drug-likeness (QED) is 0.103. The van der Waals surface area contributed by atoms with Crippen molar-refractivity contribution in [2.45, 2.75) is 175 Å². The van der Waals surface area contributed by atoms with E-state index >= 15 is 0 Å². The Bertz CT molecular complexity index is 829. The molecule has 0 saturated heterocycles. The number of ether oxygens (including phenoxy) is 1. The molecule has 4 heteroatoms. The van der Waals surface area contributed by atoms with Crippen molar-refractivity contribution < 1.29 is 19.7 Å². The molecule has 226 valence electrons. The van der Waals surface area contributed by atoms with Crippen molar-refractivity contribution in [1.82, 2.24) is 0 Å². The predicted octanol–water partition coefficient (Wildman–Crippen LogP) is 10.6. The Balaban J connectivity index is 2.33. The van der Waals surface area contributed by atoms with Crippen LogP contribution in [-0.2, 0) is 20.4 Å². The van der Waals surface area contributed by atoms with E-state index in [0.29, 0.717) is 23.3 Å². The standard InChI is InChI=1S/C35H62O4/c1-9-10-11-12-13-14-15-16-17-18-19-20-21-22-23-24-25-39-33(38)27(2)30-29(36)26-28(34(3,4)5)32(37)31(30)35(6,7)8/h26-27,36-37H,9-25H2,1-8H3. The van der Waals surface area contributed by atoms with Crippen LogP contribution in [0.2, 0.25) is 0 Å². The monoisotopic (exact) mass is 546 g/mol. The molecule has 0 aliphatic carbocycles. The average Bonchev–Trinajstić information content (AvgIpc) is 2.84. The second-order valence-corrected chi connectivity index (χ2v) is 13.8. The van der Waals surface area contributed by atoms with E-state index in [0.717, 1.165) is 12.8 Å². The predicted molar refractivity (Wildman–Crippen MR) is 166 cm³/mol. The van der Waals surface area contributed by atoms with Crippen molar-refractivity contribution in [2.75, 3.05) is 6.61 Å². The molecule has 0 aliphatic rings. The first-order chi connectivity index (χ1) is 18.3. The lowest BCUT2D eigenvalue weighted by atomic mass is 9.74. The number of hydrogen-bond donors (Lipinski definition) is 2. The fraction of sp³-hybridized carbons (Fsp3) is 0.800. The minimum Gasteiger partial charge on any atom is -0.508 e. The number of carbonyl (C=O) groups excluding carboxylic acids is 1. The lowest BCUT2D eigenvalue weighted by Gasteiger charge is -2.31. The largest absolute Gasteiger partial charge is 0.508 e. The van der Waals surface area contributed by atoms with Crippen LogP contribution < -0.4 is 0 Å². The molecule has 2 N–H and O–H groups in total. The summed E-state index contributed by atoms with van der Waals surface area (Å²) in [6.45, 7) is 16.4. The molecule has 1 unspecified atom stereocenters. The van der Waals surface area contributed by atoms with E-state index in [9.17, 15) is 15.0 Å². The number of hydrogen-bond acceptors (Lipinski definition) is 4. The van der Waals surface area contributed by atoms with E-state index in [4.69, 9.17) is 4.74 Å². The summed E-state index contributed by atoms with van der Waals surface area (Å²) in [5, 5.41) is 22.1. The molecular formula is C35H62O4. The van der Waals surface area contributed by atoms with E-state index in [1.807, 2.05) is 41.5 Å². The van der Waals surface area contributed by atoms with Crippen LogP contribution in [0.1, 0.15) is 181 Å². The molecule has 0 aromatic heterocycles. The van der Waals surface area contributed by atoms with Crippen LogP contribution >= 0.6 is 0 Å². The zero-order valence-corrected chi connectivity index (χ0v) is 26.9. The Labute approximate surface area is 241 Å². The molecule has 4 nitrogen and oxygen atoms in total. The number of rotatable bonds is 19. The summed E-state index contributed by atoms with van der Waals surface area (Å²) in [6.07, 6.45) is 21.0. The first-order valence-corrected chi connectivity index (χ1v) is 16.1. The molecule has 1 rings (SSSR count). The van der Waals surface area contributed by atoms with Crippen LogP contribution in [0.15, 0.2) is 6.07 Å². The van der Waals surface area contributed by atoms with E-state index < -0.39 is 11.3 Å². The summed E-state index contributed by atoms with van der Waals surface area (Å²) < 4.78 is 5.61. The van der Waals surface area contributed by atoms with Gasteiger partial charge in [0.15, 0.2) is 0 Å². The van der Waals surface area contributed by atoms with Crippen molar-refractivity contribution >= 4 is 5.97 Å². The molecule has 0 aliphatic heterocycles. The normalized spacial score (nSPS) is 13.0. The van der Waals surface area contributed by atoms with Crippen molar-refractivity contribution in [2.24, 2.45) is 0 Å². The molecular weight excluding hydrogens is 484 g/mol. The van der Waals surface area contributed by atoms with Crippen molar-refractivity contribution in [3.8, 4) is 11.5 Å². The molecule has 0 heterocycles. The maximum Gasteiger partial charge on any atom is 0.313 e.